The lowest BCUT2D eigenvalue weighted by atomic mass is 10.2. The van der Waals surface area contributed by atoms with E-state index < -0.39 is 0 Å². The summed E-state index contributed by atoms with van der Waals surface area (Å²) in [5.41, 5.74) is 1.29. The highest BCUT2D eigenvalue weighted by Gasteiger charge is 2.15. The molecule has 0 bridgehead atoms. The Morgan fingerprint density at radius 1 is 1.44 bits per heavy atom. The van der Waals surface area contributed by atoms with Crippen LogP contribution in [-0.2, 0) is 0 Å². The summed E-state index contributed by atoms with van der Waals surface area (Å²) in [4.78, 5) is 20.3. The molecule has 0 aliphatic carbocycles. The van der Waals surface area contributed by atoms with Crippen molar-refractivity contribution in [3.63, 3.8) is 0 Å². The van der Waals surface area contributed by atoms with Gasteiger partial charge in [-0.15, -0.1) is 11.3 Å². The normalized spacial score (nSPS) is 11.9. The number of amides is 1. The Morgan fingerprint density at radius 3 is 2.94 bits per heavy atom. The molecule has 2 heterocycles. The number of nitrogens with one attached hydrogen (secondary N) is 2. The first-order valence-electron chi connectivity index (χ1n) is 5.54. The number of carbonyl (C=O) groups is 1. The Kier molecular flexibility index (Phi) is 3.88. The Balaban J connectivity index is 2.12. The van der Waals surface area contributed by atoms with E-state index in [4.69, 9.17) is 0 Å². The van der Waals surface area contributed by atoms with Crippen molar-refractivity contribution in [2.24, 2.45) is 0 Å². The molecule has 0 aliphatic heterocycles. The second kappa shape index (κ2) is 5.59. The van der Waals surface area contributed by atoms with Crippen LogP contribution in [0.3, 0.4) is 0 Å². The summed E-state index contributed by atoms with van der Waals surface area (Å²) in [6.45, 7) is 1.91. The van der Waals surface area contributed by atoms with Crippen LogP contribution in [0.5, 0.6) is 0 Å². The number of carbonyl (C=O) groups excluding carboxylic acids is 1. The zero-order valence-electron chi connectivity index (χ0n) is 10.2. The summed E-state index contributed by atoms with van der Waals surface area (Å²) in [5.74, 6) is -0.135. The van der Waals surface area contributed by atoms with E-state index >= 15 is 0 Å². The van der Waals surface area contributed by atoms with Crippen molar-refractivity contribution in [3.8, 4) is 0 Å². The molecule has 2 aromatic heterocycles. The lowest BCUT2D eigenvalue weighted by Crippen LogP contribution is -2.27. The number of pyridine rings is 1. The number of hydrogen-bond acceptors (Lipinski definition) is 5. The Labute approximate surface area is 109 Å². The van der Waals surface area contributed by atoms with Crippen molar-refractivity contribution in [2.75, 3.05) is 12.4 Å². The van der Waals surface area contributed by atoms with Crippen LogP contribution >= 0.6 is 11.3 Å². The first-order chi connectivity index (χ1) is 8.72. The molecule has 6 heteroatoms. The van der Waals surface area contributed by atoms with E-state index in [0.717, 1.165) is 5.01 Å². The van der Waals surface area contributed by atoms with Crippen LogP contribution in [0.15, 0.2) is 30.0 Å². The summed E-state index contributed by atoms with van der Waals surface area (Å²) in [5, 5.41) is 8.65. The predicted octanol–water partition coefficient (Wildman–Crippen LogP) is 2.07. The number of anilines is 1. The SMILES string of the molecule is CNc1cnccc1C(=O)NC(C)c1nccs1. The molecule has 0 spiro atoms. The average Bonchev–Trinajstić information content (AvgIpc) is 2.92. The molecule has 18 heavy (non-hydrogen) atoms. The van der Waals surface area contributed by atoms with Gasteiger partial charge in [-0.3, -0.25) is 9.78 Å². The van der Waals surface area contributed by atoms with Gasteiger partial charge in [0.05, 0.1) is 23.5 Å². The van der Waals surface area contributed by atoms with E-state index in [9.17, 15) is 4.79 Å². The minimum atomic E-state index is -0.135. The quantitative estimate of drug-likeness (QED) is 0.885. The molecule has 2 N–H and O–H groups in total. The van der Waals surface area contributed by atoms with Crippen LogP contribution in [0.1, 0.15) is 28.3 Å². The zero-order chi connectivity index (χ0) is 13.0. The summed E-state index contributed by atoms with van der Waals surface area (Å²) < 4.78 is 0. The number of nitrogens with zero attached hydrogens (tertiary/aromatic N) is 2. The van der Waals surface area contributed by atoms with Crippen molar-refractivity contribution >= 4 is 22.9 Å². The van der Waals surface area contributed by atoms with E-state index in [1.54, 1.807) is 31.7 Å². The number of rotatable bonds is 4. The van der Waals surface area contributed by atoms with Gasteiger partial charge >= 0.3 is 0 Å². The zero-order valence-corrected chi connectivity index (χ0v) is 11.0. The molecule has 0 saturated carbocycles. The Morgan fingerprint density at radius 2 is 2.28 bits per heavy atom. The third kappa shape index (κ3) is 2.65. The minimum absolute atomic E-state index is 0.102. The van der Waals surface area contributed by atoms with E-state index in [0.29, 0.717) is 11.3 Å². The van der Waals surface area contributed by atoms with Crippen molar-refractivity contribution in [1.82, 2.24) is 15.3 Å². The summed E-state index contributed by atoms with van der Waals surface area (Å²) in [6.07, 6.45) is 4.96. The smallest absolute Gasteiger partial charge is 0.254 e. The van der Waals surface area contributed by atoms with Crippen molar-refractivity contribution in [3.05, 3.63) is 40.6 Å². The molecule has 1 unspecified atom stereocenters. The highest BCUT2D eigenvalue weighted by atomic mass is 32.1. The number of aromatic nitrogens is 2. The van der Waals surface area contributed by atoms with Crippen LogP contribution in [0.2, 0.25) is 0 Å². The van der Waals surface area contributed by atoms with Gasteiger partial charge in [-0.1, -0.05) is 0 Å². The molecule has 2 aromatic rings. The van der Waals surface area contributed by atoms with Crippen molar-refractivity contribution < 1.29 is 4.79 Å². The maximum atomic E-state index is 12.1. The first kappa shape index (κ1) is 12.5. The summed E-state index contributed by atoms with van der Waals surface area (Å²) >= 11 is 1.52. The lowest BCUT2D eigenvalue weighted by Gasteiger charge is -2.13. The van der Waals surface area contributed by atoms with Crippen molar-refractivity contribution in [2.45, 2.75) is 13.0 Å². The second-order valence-corrected chi connectivity index (χ2v) is 4.66. The second-order valence-electron chi connectivity index (χ2n) is 3.74. The third-order valence-electron chi connectivity index (χ3n) is 2.50. The molecule has 0 aromatic carbocycles. The predicted molar refractivity (Wildman–Crippen MR) is 71.8 cm³/mol. The lowest BCUT2D eigenvalue weighted by molar-refractivity contribution is 0.0940. The molecular weight excluding hydrogens is 248 g/mol. The summed E-state index contributed by atoms with van der Waals surface area (Å²) in [7, 11) is 1.76. The van der Waals surface area contributed by atoms with Gasteiger partial charge in [0.2, 0.25) is 0 Å². The Hall–Kier alpha value is -1.95. The molecule has 0 saturated heterocycles. The number of thiazole rings is 1. The highest BCUT2D eigenvalue weighted by molar-refractivity contribution is 7.09. The van der Waals surface area contributed by atoms with Gasteiger partial charge in [-0.25, -0.2) is 4.98 Å². The van der Waals surface area contributed by atoms with Gasteiger partial charge in [-0.2, -0.15) is 0 Å². The summed E-state index contributed by atoms with van der Waals surface area (Å²) in [6, 6.07) is 1.59. The fourth-order valence-electron chi connectivity index (χ4n) is 1.58. The maximum absolute atomic E-state index is 12.1. The van der Waals surface area contributed by atoms with Crippen LogP contribution in [0, 0.1) is 0 Å². The standard InChI is InChI=1S/C12H14N4OS/c1-8(12-15-5-6-18-12)16-11(17)9-3-4-14-7-10(9)13-2/h3-8,13H,1-2H3,(H,16,17). The molecule has 0 radical (unpaired) electrons. The van der Waals surface area contributed by atoms with Gasteiger partial charge in [0.15, 0.2) is 0 Å². The van der Waals surface area contributed by atoms with Gasteiger partial charge in [0, 0.05) is 24.8 Å². The fourth-order valence-corrected chi connectivity index (χ4v) is 2.22. The monoisotopic (exact) mass is 262 g/mol. The number of hydrogen-bond donors (Lipinski definition) is 2. The molecule has 0 aliphatic rings. The molecule has 5 nitrogen and oxygen atoms in total. The van der Waals surface area contributed by atoms with E-state index in [1.165, 1.54) is 11.3 Å². The van der Waals surface area contributed by atoms with Crippen LogP contribution in [0.25, 0.3) is 0 Å². The fraction of sp³-hybridized carbons (Fsp3) is 0.250. The minimum Gasteiger partial charge on any atom is -0.386 e. The third-order valence-corrected chi connectivity index (χ3v) is 3.46. The van der Waals surface area contributed by atoms with Crippen LogP contribution < -0.4 is 10.6 Å². The van der Waals surface area contributed by atoms with Gasteiger partial charge in [-0.05, 0) is 13.0 Å². The van der Waals surface area contributed by atoms with Crippen LogP contribution in [-0.4, -0.2) is 22.9 Å². The van der Waals surface area contributed by atoms with Crippen molar-refractivity contribution in [1.29, 1.82) is 0 Å². The molecule has 1 atom stereocenters. The molecular formula is C12H14N4OS. The van der Waals surface area contributed by atoms with Gasteiger partial charge in [0.1, 0.15) is 5.01 Å². The topological polar surface area (TPSA) is 66.9 Å². The average molecular weight is 262 g/mol. The molecule has 2 rings (SSSR count). The highest BCUT2D eigenvalue weighted by Crippen LogP contribution is 2.17. The van der Waals surface area contributed by atoms with Gasteiger partial charge < -0.3 is 10.6 Å². The molecule has 0 fully saturated rings. The first-order valence-corrected chi connectivity index (χ1v) is 6.42. The van der Waals surface area contributed by atoms with Crippen LogP contribution in [0.4, 0.5) is 5.69 Å². The maximum Gasteiger partial charge on any atom is 0.254 e. The van der Waals surface area contributed by atoms with E-state index in [1.807, 2.05) is 12.3 Å². The molecule has 94 valence electrons. The Bertz CT molecular complexity index is 527. The van der Waals surface area contributed by atoms with E-state index in [2.05, 4.69) is 20.6 Å². The molecule has 1 amide bonds. The largest absolute Gasteiger partial charge is 0.386 e. The van der Waals surface area contributed by atoms with E-state index in [-0.39, 0.29) is 11.9 Å². The van der Waals surface area contributed by atoms with Gasteiger partial charge in [0.25, 0.3) is 5.91 Å².